The molecule has 1 aliphatic carbocycles. The van der Waals surface area contributed by atoms with Crippen LogP contribution >= 0.6 is 11.6 Å². The van der Waals surface area contributed by atoms with Crippen LogP contribution in [0.3, 0.4) is 0 Å². The van der Waals surface area contributed by atoms with E-state index in [-0.39, 0.29) is 6.61 Å². The second-order valence-electron chi connectivity index (χ2n) is 8.99. The molecule has 5 rings (SSSR count). The Bertz CT molecular complexity index is 1400. The fourth-order valence-corrected chi connectivity index (χ4v) is 4.29. The lowest BCUT2D eigenvalue weighted by atomic mass is 10.1. The first kappa shape index (κ1) is 25.1. The van der Waals surface area contributed by atoms with Crippen LogP contribution in [0.2, 0.25) is 5.15 Å². The highest BCUT2D eigenvalue weighted by Gasteiger charge is 2.32. The third-order valence-corrected chi connectivity index (χ3v) is 6.44. The van der Waals surface area contributed by atoms with Gasteiger partial charge in [0.2, 0.25) is 0 Å². The highest BCUT2D eigenvalue weighted by Crippen LogP contribution is 2.40. The first-order chi connectivity index (χ1) is 17.7. The average molecular weight is 529 g/mol. The van der Waals surface area contributed by atoms with Crippen LogP contribution in [0.5, 0.6) is 11.5 Å². The van der Waals surface area contributed by atoms with Gasteiger partial charge in [0.05, 0.1) is 18.5 Å². The second-order valence-corrected chi connectivity index (χ2v) is 9.38. The Labute approximate surface area is 217 Å². The Hall–Kier alpha value is -3.59. The quantitative estimate of drug-likeness (QED) is 0.231. The molecule has 0 aliphatic heterocycles. The molecule has 10 heteroatoms. The van der Waals surface area contributed by atoms with Crippen molar-refractivity contribution < 1.29 is 22.6 Å². The van der Waals surface area contributed by atoms with Crippen LogP contribution < -0.4 is 9.47 Å². The molecule has 1 fully saturated rings. The van der Waals surface area contributed by atoms with Gasteiger partial charge >= 0.3 is 6.18 Å². The van der Waals surface area contributed by atoms with E-state index < -0.39 is 11.9 Å². The second kappa shape index (κ2) is 10.0. The predicted molar refractivity (Wildman–Crippen MR) is 133 cm³/mol. The zero-order chi connectivity index (χ0) is 26.2. The molecule has 3 heterocycles. The van der Waals surface area contributed by atoms with E-state index in [9.17, 15) is 13.2 Å². The molecule has 37 heavy (non-hydrogen) atoms. The summed E-state index contributed by atoms with van der Waals surface area (Å²) in [7, 11) is 1.59. The molecule has 0 atom stereocenters. The van der Waals surface area contributed by atoms with Crippen LogP contribution in [-0.4, -0.2) is 26.6 Å². The number of hydrogen-bond donors (Lipinski definition) is 0. The van der Waals surface area contributed by atoms with Crippen LogP contribution in [0.15, 0.2) is 54.9 Å². The molecule has 1 saturated carbocycles. The predicted octanol–water partition coefficient (Wildman–Crippen LogP) is 6.99. The Morgan fingerprint density at radius 3 is 2.49 bits per heavy atom. The number of nitrogens with zero attached hydrogens (tertiary/aromatic N) is 4. The van der Waals surface area contributed by atoms with E-state index in [1.54, 1.807) is 25.4 Å². The number of aromatic nitrogens is 4. The van der Waals surface area contributed by atoms with Gasteiger partial charge in [-0.05, 0) is 56.0 Å². The van der Waals surface area contributed by atoms with Crippen molar-refractivity contribution in [2.24, 2.45) is 5.92 Å². The molecule has 0 unspecified atom stereocenters. The van der Waals surface area contributed by atoms with Crippen molar-refractivity contribution in [3.63, 3.8) is 0 Å². The van der Waals surface area contributed by atoms with Crippen LogP contribution in [0, 0.1) is 12.8 Å². The number of benzene rings is 1. The molecular weight excluding hydrogens is 505 g/mol. The summed E-state index contributed by atoms with van der Waals surface area (Å²) in [6.45, 7) is 2.86. The van der Waals surface area contributed by atoms with Crippen molar-refractivity contribution in [3.05, 3.63) is 77.0 Å². The third kappa shape index (κ3) is 5.56. The number of hydrogen-bond acceptors (Lipinski definition) is 5. The lowest BCUT2D eigenvalue weighted by Crippen LogP contribution is -2.08. The highest BCUT2D eigenvalue weighted by atomic mass is 35.5. The fraction of sp³-hybridized carbons (Fsp3) is 0.296. The number of alkyl halides is 3. The van der Waals surface area contributed by atoms with Gasteiger partial charge in [0.25, 0.3) is 0 Å². The monoisotopic (exact) mass is 528 g/mol. The molecule has 6 nitrogen and oxygen atoms in total. The standard InChI is InChI=1S/C27H24ClF3N4O2/c1-16-25(35(14-17-3-4-17)26(34-16)19-6-10-24(28)33-13-19)21-8-7-20(11-22(21)36-2)37-15-18-5-9-23(32-12-18)27(29,30)31/h5-13,17H,3-4,14-15H2,1-2H3. The zero-order valence-electron chi connectivity index (χ0n) is 20.2. The van der Waals surface area contributed by atoms with Crippen molar-refractivity contribution in [1.29, 1.82) is 0 Å². The molecular formula is C27H24ClF3N4O2. The topological polar surface area (TPSA) is 62.1 Å². The molecule has 192 valence electrons. The van der Waals surface area contributed by atoms with Gasteiger partial charge in [-0.25, -0.2) is 9.97 Å². The van der Waals surface area contributed by atoms with Crippen LogP contribution in [-0.2, 0) is 19.3 Å². The molecule has 4 aromatic rings. The van der Waals surface area contributed by atoms with Gasteiger partial charge in [0.15, 0.2) is 0 Å². The Morgan fingerprint density at radius 2 is 1.86 bits per heavy atom. The molecule has 0 N–H and O–H groups in total. The molecule has 0 amide bonds. The van der Waals surface area contributed by atoms with E-state index in [4.69, 9.17) is 26.1 Å². The molecule has 0 radical (unpaired) electrons. The smallest absolute Gasteiger partial charge is 0.433 e. The highest BCUT2D eigenvalue weighted by molar-refractivity contribution is 6.29. The van der Waals surface area contributed by atoms with E-state index in [1.807, 2.05) is 25.1 Å². The van der Waals surface area contributed by atoms with E-state index in [0.29, 0.717) is 28.1 Å². The number of rotatable bonds is 8. The molecule has 0 bridgehead atoms. The number of pyridine rings is 2. The van der Waals surface area contributed by atoms with Crippen LogP contribution in [0.1, 0.15) is 29.8 Å². The minimum absolute atomic E-state index is 0.0694. The van der Waals surface area contributed by atoms with Crippen molar-refractivity contribution >= 4 is 11.6 Å². The van der Waals surface area contributed by atoms with E-state index >= 15 is 0 Å². The summed E-state index contributed by atoms with van der Waals surface area (Å²) in [6.07, 6.45) is 0.773. The first-order valence-corrected chi connectivity index (χ1v) is 12.1. The van der Waals surface area contributed by atoms with Gasteiger partial charge in [0.1, 0.15) is 34.8 Å². The van der Waals surface area contributed by atoms with Crippen molar-refractivity contribution in [1.82, 2.24) is 19.5 Å². The number of aryl methyl sites for hydroxylation is 1. The normalized spacial score (nSPS) is 13.6. The summed E-state index contributed by atoms with van der Waals surface area (Å²) in [5.41, 5.74) is 3.14. The number of methoxy groups -OCH3 is 1. The van der Waals surface area contributed by atoms with Gasteiger partial charge < -0.3 is 14.0 Å². The molecule has 0 spiro atoms. The maximum absolute atomic E-state index is 12.8. The Morgan fingerprint density at radius 1 is 1.05 bits per heavy atom. The number of halogens is 4. The van der Waals surface area contributed by atoms with Gasteiger partial charge in [-0.2, -0.15) is 13.2 Å². The molecule has 3 aromatic heterocycles. The third-order valence-electron chi connectivity index (χ3n) is 6.21. The first-order valence-electron chi connectivity index (χ1n) is 11.8. The summed E-state index contributed by atoms with van der Waals surface area (Å²) >= 11 is 5.99. The maximum atomic E-state index is 12.8. The van der Waals surface area contributed by atoms with E-state index in [2.05, 4.69) is 14.5 Å². The fourth-order valence-electron chi connectivity index (χ4n) is 4.18. The SMILES string of the molecule is COc1cc(OCc2ccc(C(F)(F)F)nc2)ccc1-c1c(C)nc(-c2ccc(Cl)nc2)n1CC1CC1. The largest absolute Gasteiger partial charge is 0.496 e. The van der Waals surface area contributed by atoms with Gasteiger partial charge in [-0.15, -0.1) is 0 Å². The van der Waals surface area contributed by atoms with Gasteiger partial charge in [-0.3, -0.25) is 4.98 Å². The summed E-state index contributed by atoms with van der Waals surface area (Å²) < 4.78 is 52.0. The lowest BCUT2D eigenvalue weighted by molar-refractivity contribution is -0.141. The van der Waals surface area contributed by atoms with E-state index in [0.717, 1.165) is 41.0 Å². The lowest BCUT2D eigenvalue weighted by Gasteiger charge is -2.16. The van der Waals surface area contributed by atoms with Crippen molar-refractivity contribution in [3.8, 4) is 34.1 Å². The van der Waals surface area contributed by atoms with Gasteiger partial charge in [0, 0.05) is 41.7 Å². The molecule has 1 aliphatic rings. The summed E-state index contributed by atoms with van der Waals surface area (Å²) in [5, 5.41) is 0.422. The molecule has 1 aromatic carbocycles. The van der Waals surface area contributed by atoms with Crippen molar-refractivity contribution in [2.45, 2.75) is 39.1 Å². The summed E-state index contributed by atoms with van der Waals surface area (Å²) in [4.78, 5) is 12.6. The van der Waals surface area contributed by atoms with E-state index in [1.165, 1.54) is 25.1 Å². The van der Waals surface area contributed by atoms with Crippen molar-refractivity contribution in [2.75, 3.05) is 7.11 Å². The summed E-state index contributed by atoms with van der Waals surface area (Å²) in [6, 6.07) is 11.5. The minimum atomic E-state index is -4.48. The molecule has 0 saturated heterocycles. The number of imidazole rings is 1. The van der Waals surface area contributed by atoms with Gasteiger partial charge in [-0.1, -0.05) is 17.7 Å². The zero-order valence-corrected chi connectivity index (χ0v) is 21.0. The minimum Gasteiger partial charge on any atom is -0.496 e. The number of ether oxygens (including phenoxy) is 2. The average Bonchev–Trinajstić information content (AvgIpc) is 3.64. The Kier molecular flexibility index (Phi) is 6.81. The van der Waals surface area contributed by atoms with Crippen LogP contribution in [0.4, 0.5) is 13.2 Å². The van der Waals surface area contributed by atoms with Crippen LogP contribution in [0.25, 0.3) is 22.6 Å². The maximum Gasteiger partial charge on any atom is 0.433 e. The Balaban J connectivity index is 1.43. The summed E-state index contributed by atoms with van der Waals surface area (Å²) in [5.74, 6) is 2.54.